The molecule has 0 N–H and O–H groups in total. The minimum absolute atomic E-state index is 0.404. The largest absolute Gasteiger partial charge is 0.438 e. The van der Waals surface area contributed by atoms with Crippen molar-refractivity contribution in [2.75, 3.05) is 0 Å². The molecule has 1 aromatic heterocycles. The van der Waals surface area contributed by atoms with Gasteiger partial charge in [-0.2, -0.15) is 4.98 Å². The average Bonchev–Trinajstić information content (AvgIpc) is 2.57. The van der Waals surface area contributed by atoms with Gasteiger partial charge >= 0.3 is 0 Å². The molecule has 1 heterocycles. The van der Waals surface area contributed by atoms with E-state index in [2.05, 4.69) is 25.9 Å². The zero-order chi connectivity index (χ0) is 16.2. The summed E-state index contributed by atoms with van der Waals surface area (Å²) in [6, 6.07) is 16.8. The molecule has 3 rings (SSSR count). The fourth-order valence-corrected chi connectivity index (χ4v) is 2.55. The van der Waals surface area contributed by atoms with Crippen LogP contribution in [-0.2, 0) is 0 Å². The Bertz CT molecular complexity index is 851. The molecule has 0 aliphatic heterocycles. The molecule has 114 valence electrons. The van der Waals surface area contributed by atoms with E-state index in [1.54, 1.807) is 18.2 Å². The Balaban J connectivity index is 1.98. The molecule has 0 aliphatic rings. The lowest BCUT2D eigenvalue weighted by Gasteiger charge is -2.10. The van der Waals surface area contributed by atoms with Crippen LogP contribution < -0.4 is 4.74 Å². The molecule has 5 heteroatoms. The number of halogens is 1. The summed E-state index contributed by atoms with van der Waals surface area (Å²) in [5.74, 6) is 1.47. The van der Waals surface area contributed by atoms with E-state index in [0.29, 0.717) is 23.0 Å². The van der Waals surface area contributed by atoms with Crippen LogP contribution in [0.1, 0.15) is 16.2 Å². The van der Waals surface area contributed by atoms with Crippen molar-refractivity contribution in [2.24, 2.45) is 0 Å². The number of aryl methyl sites for hydroxylation is 1. The molecule has 0 atom stereocenters. The maximum absolute atomic E-state index is 11.2. The molecule has 4 nitrogen and oxygen atoms in total. The fraction of sp³-hybridized carbons (Fsp3) is 0.0556. The van der Waals surface area contributed by atoms with Crippen LogP contribution in [0.25, 0.3) is 11.3 Å². The van der Waals surface area contributed by atoms with E-state index >= 15 is 0 Å². The fourth-order valence-electron chi connectivity index (χ4n) is 2.17. The van der Waals surface area contributed by atoms with E-state index < -0.39 is 0 Å². The molecule has 0 unspecified atom stereocenters. The van der Waals surface area contributed by atoms with Gasteiger partial charge in [-0.1, -0.05) is 46.3 Å². The highest BCUT2D eigenvalue weighted by molar-refractivity contribution is 9.10. The normalized spacial score (nSPS) is 10.3. The van der Waals surface area contributed by atoms with Gasteiger partial charge in [-0.15, -0.1) is 0 Å². The Morgan fingerprint density at radius 2 is 1.83 bits per heavy atom. The summed E-state index contributed by atoms with van der Waals surface area (Å²) in [7, 11) is 0. The lowest BCUT2D eigenvalue weighted by Crippen LogP contribution is -1.97. The van der Waals surface area contributed by atoms with E-state index in [1.807, 2.05) is 43.3 Å². The first-order chi connectivity index (χ1) is 11.2. The first-order valence-electron chi connectivity index (χ1n) is 6.99. The Kier molecular flexibility index (Phi) is 4.48. The van der Waals surface area contributed by atoms with Gasteiger partial charge in [0.2, 0.25) is 5.88 Å². The van der Waals surface area contributed by atoms with Crippen molar-refractivity contribution in [3.05, 3.63) is 70.5 Å². The zero-order valence-electron chi connectivity index (χ0n) is 12.4. The quantitative estimate of drug-likeness (QED) is 0.619. The van der Waals surface area contributed by atoms with E-state index in [9.17, 15) is 4.79 Å². The number of rotatable bonds is 4. The number of aromatic nitrogens is 2. The van der Waals surface area contributed by atoms with Crippen molar-refractivity contribution in [3.8, 4) is 22.9 Å². The lowest BCUT2D eigenvalue weighted by atomic mass is 10.1. The summed E-state index contributed by atoms with van der Waals surface area (Å²) < 4.78 is 6.61. The Hall–Kier alpha value is -2.53. The molecule has 23 heavy (non-hydrogen) atoms. The van der Waals surface area contributed by atoms with Crippen molar-refractivity contribution in [2.45, 2.75) is 6.92 Å². The highest BCUT2D eigenvalue weighted by Gasteiger charge is 2.09. The number of ether oxygens (including phenoxy) is 1. The second-order valence-electron chi connectivity index (χ2n) is 4.91. The van der Waals surface area contributed by atoms with Crippen LogP contribution in [0.2, 0.25) is 0 Å². The number of carbonyl (C=O) groups excluding carboxylic acids is 1. The summed E-state index contributed by atoms with van der Waals surface area (Å²) in [6.07, 6.45) is 0.756. The first-order valence-corrected chi connectivity index (χ1v) is 7.79. The van der Waals surface area contributed by atoms with Crippen LogP contribution >= 0.6 is 15.9 Å². The third-order valence-electron chi connectivity index (χ3n) is 3.20. The minimum atomic E-state index is 0.404. The predicted octanol–water partition coefficient (Wildman–Crippen LogP) is 4.82. The summed E-state index contributed by atoms with van der Waals surface area (Å²) in [4.78, 5) is 19.9. The number of hydrogen-bond donors (Lipinski definition) is 0. The number of aldehydes is 1. The van der Waals surface area contributed by atoms with Gasteiger partial charge in [0.1, 0.15) is 11.6 Å². The molecule has 0 spiro atoms. The van der Waals surface area contributed by atoms with E-state index in [0.717, 1.165) is 22.0 Å². The van der Waals surface area contributed by atoms with E-state index in [1.165, 1.54) is 0 Å². The number of nitrogens with zero attached hydrogens (tertiary/aromatic N) is 2. The predicted molar refractivity (Wildman–Crippen MR) is 91.8 cm³/mol. The molecule has 0 fully saturated rings. The van der Waals surface area contributed by atoms with Crippen LogP contribution in [0.3, 0.4) is 0 Å². The summed E-state index contributed by atoms with van der Waals surface area (Å²) in [5.41, 5.74) is 2.21. The Morgan fingerprint density at radius 1 is 1.04 bits per heavy atom. The van der Waals surface area contributed by atoms with Crippen molar-refractivity contribution in [1.29, 1.82) is 0 Å². The molecule has 2 aromatic carbocycles. The van der Waals surface area contributed by atoms with Crippen molar-refractivity contribution in [3.63, 3.8) is 0 Å². The monoisotopic (exact) mass is 368 g/mol. The van der Waals surface area contributed by atoms with E-state index in [-0.39, 0.29) is 0 Å². The minimum Gasteiger partial charge on any atom is -0.438 e. The maximum atomic E-state index is 11.2. The topological polar surface area (TPSA) is 52.1 Å². The molecule has 0 saturated heterocycles. The third kappa shape index (κ3) is 3.63. The molecule has 0 radical (unpaired) electrons. The first kappa shape index (κ1) is 15.4. The third-order valence-corrected chi connectivity index (χ3v) is 3.69. The molecule has 0 aliphatic carbocycles. The van der Waals surface area contributed by atoms with Crippen LogP contribution in [0.4, 0.5) is 0 Å². The molecular weight excluding hydrogens is 356 g/mol. The number of carbonyl (C=O) groups is 1. The van der Waals surface area contributed by atoms with Crippen molar-refractivity contribution in [1.82, 2.24) is 9.97 Å². The SMILES string of the molecule is Cc1nc(Oc2ccc(Br)cc2C=O)cc(-c2ccccc2)n1. The van der Waals surface area contributed by atoms with Crippen LogP contribution in [0, 0.1) is 6.92 Å². The molecule has 0 bridgehead atoms. The van der Waals surface area contributed by atoms with Gasteiger partial charge < -0.3 is 4.74 Å². The molecule has 3 aromatic rings. The highest BCUT2D eigenvalue weighted by Crippen LogP contribution is 2.28. The second kappa shape index (κ2) is 6.71. The van der Waals surface area contributed by atoms with Gasteiger partial charge in [-0.05, 0) is 25.1 Å². The number of hydrogen-bond acceptors (Lipinski definition) is 4. The van der Waals surface area contributed by atoms with Gasteiger partial charge in [0, 0.05) is 16.1 Å². The van der Waals surface area contributed by atoms with Crippen LogP contribution in [0.15, 0.2) is 59.1 Å². The highest BCUT2D eigenvalue weighted by atomic mass is 79.9. The van der Waals surface area contributed by atoms with Crippen LogP contribution in [-0.4, -0.2) is 16.3 Å². The van der Waals surface area contributed by atoms with Crippen molar-refractivity contribution >= 4 is 22.2 Å². The van der Waals surface area contributed by atoms with Crippen molar-refractivity contribution < 1.29 is 9.53 Å². The van der Waals surface area contributed by atoms with E-state index in [4.69, 9.17) is 4.74 Å². The summed E-state index contributed by atoms with van der Waals surface area (Å²) >= 11 is 3.34. The lowest BCUT2D eigenvalue weighted by molar-refractivity contribution is 0.112. The van der Waals surface area contributed by atoms with Gasteiger partial charge in [-0.3, -0.25) is 4.79 Å². The second-order valence-corrected chi connectivity index (χ2v) is 5.82. The molecule has 0 amide bonds. The molecule has 0 saturated carbocycles. The smallest absolute Gasteiger partial charge is 0.223 e. The standard InChI is InChI=1S/C18H13BrN2O2/c1-12-20-16(13-5-3-2-4-6-13)10-18(21-12)23-17-8-7-15(19)9-14(17)11-22/h2-11H,1H3. The Morgan fingerprint density at radius 3 is 2.57 bits per heavy atom. The van der Waals surface area contributed by atoms with Crippen LogP contribution in [0.5, 0.6) is 11.6 Å². The Labute approximate surface area is 142 Å². The number of benzene rings is 2. The summed E-state index contributed by atoms with van der Waals surface area (Å²) in [6.45, 7) is 1.81. The van der Waals surface area contributed by atoms with Gasteiger partial charge in [0.05, 0.1) is 11.3 Å². The molecular formula is C18H13BrN2O2. The van der Waals surface area contributed by atoms with Gasteiger partial charge in [-0.25, -0.2) is 4.98 Å². The average molecular weight is 369 g/mol. The summed E-state index contributed by atoms with van der Waals surface area (Å²) in [5, 5.41) is 0. The van der Waals surface area contributed by atoms with Gasteiger partial charge in [0.15, 0.2) is 6.29 Å². The zero-order valence-corrected chi connectivity index (χ0v) is 13.9. The van der Waals surface area contributed by atoms with Gasteiger partial charge in [0.25, 0.3) is 0 Å². The maximum Gasteiger partial charge on any atom is 0.223 e.